The van der Waals surface area contributed by atoms with Crippen LogP contribution in [0.15, 0.2) is 64.1 Å². The van der Waals surface area contributed by atoms with Crippen molar-refractivity contribution in [2.45, 2.75) is 116 Å². The molecule has 3 amide bonds. The third kappa shape index (κ3) is 9.57. The number of aromatic nitrogens is 6. The number of fused-ring (bicyclic) bond motifs is 16. The highest BCUT2D eigenvalue weighted by atomic mass is 28.4. The van der Waals surface area contributed by atoms with Gasteiger partial charge in [0.05, 0.1) is 6.61 Å². The number of rotatable bonds is 11. The fraction of sp³-hybridized carbons (Fsp3) is 0.488. The predicted molar refractivity (Wildman–Crippen MR) is 220 cm³/mol. The number of nitrogens with zero attached hydrogens (tertiary/aromatic N) is 6. The van der Waals surface area contributed by atoms with Crippen molar-refractivity contribution >= 4 is 26.2 Å². The minimum Gasteiger partial charge on any atom is -0.446 e. The molecule has 2 atom stereocenters. The lowest BCUT2D eigenvalue weighted by atomic mass is 10.1. The summed E-state index contributed by atoms with van der Waals surface area (Å²) in [6.07, 6.45) is 8.66. The Bertz CT molecular complexity index is 2460. The van der Waals surface area contributed by atoms with Crippen molar-refractivity contribution in [3.63, 3.8) is 0 Å². The van der Waals surface area contributed by atoms with Crippen molar-refractivity contribution in [3.05, 3.63) is 60.7 Å². The Morgan fingerprint density at radius 3 is 1.50 bits per heavy atom. The van der Waals surface area contributed by atoms with Gasteiger partial charge in [-0.1, -0.05) is 41.5 Å². The molecule has 0 spiro atoms. The number of carbonyl (C=O) groups is 3. The number of hydrogen-bond donors (Lipinski definition) is 3. The first-order chi connectivity index (χ1) is 29.5. The van der Waals surface area contributed by atoms with E-state index in [0.29, 0.717) is 25.8 Å². The van der Waals surface area contributed by atoms with E-state index >= 15 is 0 Å². The highest BCUT2D eigenvalue weighted by Crippen LogP contribution is 2.43. The molecule has 7 rings (SSSR count). The second kappa shape index (κ2) is 17.9. The van der Waals surface area contributed by atoms with Gasteiger partial charge in [-0.05, 0) is 56.7 Å². The maximum atomic E-state index is 13.8. The number of carbonyl (C=O) groups excluding carboxylic acids is 3. The van der Waals surface area contributed by atoms with Crippen LogP contribution in [0.1, 0.15) is 126 Å². The van der Waals surface area contributed by atoms with Crippen LogP contribution in [0.4, 0.5) is 4.79 Å². The van der Waals surface area contributed by atoms with Gasteiger partial charge in [0, 0.05) is 6.54 Å². The van der Waals surface area contributed by atoms with Crippen LogP contribution in [-0.4, -0.2) is 74.9 Å². The molecule has 0 aromatic carbocycles. The number of alkyl carbamates (subject to hydrolysis) is 1. The minimum atomic E-state index is -2.41. The molecule has 6 aromatic rings. The van der Waals surface area contributed by atoms with E-state index in [2.05, 4.69) is 87.4 Å². The van der Waals surface area contributed by atoms with Gasteiger partial charge in [0.1, 0.15) is 55.3 Å². The average Bonchev–Trinajstić information content (AvgIpc) is 4.04. The van der Waals surface area contributed by atoms with Crippen LogP contribution in [0.2, 0.25) is 16.6 Å². The Morgan fingerprint density at radius 1 is 0.629 bits per heavy atom. The van der Waals surface area contributed by atoms with Crippen molar-refractivity contribution in [2.75, 3.05) is 13.2 Å². The van der Waals surface area contributed by atoms with Crippen LogP contribution in [0.3, 0.4) is 0 Å². The number of oxazole rings is 6. The van der Waals surface area contributed by atoms with E-state index in [-0.39, 0.29) is 92.7 Å². The summed E-state index contributed by atoms with van der Waals surface area (Å²) in [6.45, 7) is 18.8. The third-order valence-electron chi connectivity index (χ3n) is 10.4. The van der Waals surface area contributed by atoms with E-state index in [9.17, 15) is 14.4 Å². The molecule has 20 nitrogen and oxygen atoms in total. The lowest BCUT2D eigenvalue weighted by Gasteiger charge is -2.42. The molecule has 6 aromatic heterocycles. The second-order valence-corrected chi connectivity index (χ2v) is 22.4. The van der Waals surface area contributed by atoms with E-state index < -0.39 is 43.9 Å². The van der Waals surface area contributed by atoms with Crippen molar-refractivity contribution < 1.29 is 50.0 Å². The van der Waals surface area contributed by atoms with Crippen molar-refractivity contribution in [2.24, 2.45) is 0 Å². The molecule has 62 heavy (non-hydrogen) atoms. The first-order valence-electron chi connectivity index (χ1n) is 20.5. The average molecular weight is 874 g/mol. The molecular formula is C41H51N9O11Si. The summed E-state index contributed by atoms with van der Waals surface area (Å²) in [4.78, 5) is 66.6. The molecule has 21 heteroatoms. The molecule has 3 N–H and O–H groups in total. The van der Waals surface area contributed by atoms with E-state index in [1.54, 1.807) is 20.8 Å². The van der Waals surface area contributed by atoms with Gasteiger partial charge in [0.25, 0.3) is 11.8 Å². The molecule has 0 radical (unpaired) electrons. The lowest BCUT2D eigenvalue weighted by Crippen LogP contribution is -2.49. The van der Waals surface area contributed by atoms with Gasteiger partial charge in [-0.25, -0.2) is 34.7 Å². The summed E-state index contributed by atoms with van der Waals surface area (Å²) in [7, 11) is -2.41. The van der Waals surface area contributed by atoms with Gasteiger partial charge in [0.2, 0.25) is 35.3 Å². The zero-order chi connectivity index (χ0) is 44.3. The normalized spacial score (nSPS) is 16.1. The first kappa shape index (κ1) is 43.7. The number of ether oxygens (including phenoxy) is 1. The molecule has 12 bridgehead atoms. The largest absolute Gasteiger partial charge is 0.446 e. The van der Waals surface area contributed by atoms with Crippen molar-refractivity contribution in [3.8, 4) is 46.3 Å². The maximum Gasteiger partial charge on any atom is 0.407 e. The lowest BCUT2D eigenvalue weighted by molar-refractivity contribution is 0.0526. The fourth-order valence-electron chi connectivity index (χ4n) is 7.66. The number of amides is 3. The number of unbranched alkanes of at least 4 members (excludes halogenated alkanes) is 1. The van der Waals surface area contributed by atoms with E-state index in [4.69, 9.17) is 35.7 Å². The zero-order valence-corrected chi connectivity index (χ0v) is 37.1. The van der Waals surface area contributed by atoms with E-state index in [0.717, 1.165) is 0 Å². The third-order valence-corrected chi connectivity index (χ3v) is 16.5. The second-order valence-electron chi connectivity index (χ2n) is 16.9. The summed E-state index contributed by atoms with van der Waals surface area (Å²) in [5.41, 5.74) is 0.903. The topological polar surface area (TPSA) is 262 Å². The standard InChI is InChI=1S/C41H51N9O11Si/c1-21(2)62(22(3)4,23(5)6)60-20-31-39-50-30(19-59-39)38-49-27(18-58-38)35-45-25(14-54-35)32(51)43-24(12-10-11-13-42-40(53)61-41(7,8)9)34-47-29(16-56-34)37-48-28(17-57-37)36-46-26(15-55-36)33(52)44-31/h14-19,21-24,31H,10-13,20H2,1-9H3,(H,42,53)(H,43,51)(H,44,52)/t24-,31-/m0/s1. The SMILES string of the molecule is CC(C)[Si](OC[C@@H]1NC(=O)c2coc(n2)-c2coc(n2)-c2coc(n2)[C@H](CCCCNC(=O)OC(C)(C)C)NC(=O)c2coc(n2)-c2coc(n2)-c2coc1n2)(C(C)C)C(C)C. The van der Waals surface area contributed by atoms with Gasteiger partial charge in [-0.15, -0.1) is 0 Å². The van der Waals surface area contributed by atoms with Crippen LogP contribution in [0.5, 0.6) is 0 Å². The Hall–Kier alpha value is -6.35. The van der Waals surface area contributed by atoms with Crippen LogP contribution in [0.25, 0.3) is 46.3 Å². The van der Waals surface area contributed by atoms with Gasteiger partial charge in [-0.3, -0.25) is 9.59 Å². The molecule has 1 aliphatic heterocycles. The smallest absolute Gasteiger partial charge is 0.407 e. The van der Waals surface area contributed by atoms with Crippen LogP contribution < -0.4 is 16.0 Å². The summed E-state index contributed by atoms with van der Waals surface area (Å²) >= 11 is 0. The van der Waals surface area contributed by atoms with Gasteiger partial charge < -0.3 is 51.6 Å². The summed E-state index contributed by atoms with van der Waals surface area (Å²) in [5, 5.41) is 8.62. The molecule has 1 aliphatic rings. The molecule has 7 heterocycles. The number of nitrogens with one attached hydrogen (secondary N) is 3. The van der Waals surface area contributed by atoms with Gasteiger partial charge in [-0.2, -0.15) is 0 Å². The highest BCUT2D eigenvalue weighted by molar-refractivity contribution is 6.77. The molecule has 0 unspecified atom stereocenters. The van der Waals surface area contributed by atoms with Crippen LogP contribution in [0, 0.1) is 0 Å². The molecule has 0 saturated carbocycles. The quantitative estimate of drug-likeness (QED) is 0.0814. The Labute approximate surface area is 357 Å². The predicted octanol–water partition coefficient (Wildman–Crippen LogP) is 8.43. The van der Waals surface area contributed by atoms with E-state index in [1.165, 1.54) is 37.6 Å². The summed E-state index contributed by atoms with van der Waals surface area (Å²) in [6, 6.07) is -1.61. The molecule has 0 aliphatic carbocycles. The van der Waals surface area contributed by atoms with Crippen LogP contribution in [-0.2, 0) is 9.16 Å². The molecular weight excluding hydrogens is 823 g/mol. The molecule has 0 saturated heterocycles. The zero-order valence-electron chi connectivity index (χ0n) is 36.1. The molecule has 0 fully saturated rings. The summed E-state index contributed by atoms with van der Waals surface area (Å²) in [5.74, 6) is -0.700. The van der Waals surface area contributed by atoms with Crippen molar-refractivity contribution in [1.29, 1.82) is 0 Å². The van der Waals surface area contributed by atoms with Crippen LogP contribution >= 0.6 is 0 Å². The van der Waals surface area contributed by atoms with E-state index in [1.807, 2.05) is 0 Å². The Balaban J connectivity index is 1.19. The fourth-order valence-corrected chi connectivity index (χ4v) is 13.1. The highest BCUT2D eigenvalue weighted by Gasteiger charge is 2.46. The minimum absolute atomic E-state index is 0.00840. The van der Waals surface area contributed by atoms with Crippen molar-refractivity contribution in [1.82, 2.24) is 45.9 Å². The Morgan fingerprint density at radius 2 is 1.03 bits per heavy atom. The monoisotopic (exact) mass is 873 g/mol. The number of hydrogen-bond acceptors (Lipinski definition) is 17. The Kier molecular flexibility index (Phi) is 12.6. The molecule has 330 valence electrons. The first-order valence-corrected chi connectivity index (χ1v) is 22.6. The maximum absolute atomic E-state index is 13.8. The summed E-state index contributed by atoms with van der Waals surface area (Å²) < 4.78 is 46.8. The van der Waals surface area contributed by atoms with Gasteiger partial charge in [0.15, 0.2) is 42.5 Å². The van der Waals surface area contributed by atoms with Gasteiger partial charge >= 0.3 is 6.09 Å².